The number of carbonyl (C=O) groups is 2. The summed E-state index contributed by atoms with van der Waals surface area (Å²) >= 11 is 0. The SMILES string of the molecule is Cc1ccc(N2C(=O)[C@@H]3[C@@H](c4ccc(C(C)(C)C)cc4)N(c4ccccc4)O[C@H]3C2=O)cc1. The number of amides is 2. The van der Waals surface area contributed by atoms with Crippen molar-refractivity contribution in [3.8, 4) is 0 Å². The van der Waals surface area contributed by atoms with Crippen LogP contribution in [0.25, 0.3) is 0 Å². The number of fused-ring (bicyclic) bond motifs is 1. The number of imide groups is 1. The third kappa shape index (κ3) is 3.62. The van der Waals surface area contributed by atoms with E-state index in [9.17, 15) is 9.59 Å². The second-order valence-corrected chi connectivity index (χ2v) is 9.88. The summed E-state index contributed by atoms with van der Waals surface area (Å²) in [7, 11) is 0. The second kappa shape index (κ2) is 7.85. The Morgan fingerprint density at radius 1 is 0.758 bits per heavy atom. The van der Waals surface area contributed by atoms with Crippen molar-refractivity contribution < 1.29 is 14.4 Å². The van der Waals surface area contributed by atoms with Gasteiger partial charge in [-0.25, -0.2) is 9.96 Å². The average Bonchev–Trinajstić information content (AvgIpc) is 3.31. The van der Waals surface area contributed by atoms with Crippen molar-refractivity contribution in [3.05, 3.63) is 95.6 Å². The molecule has 0 unspecified atom stereocenters. The molecule has 0 aliphatic carbocycles. The standard InChI is InChI=1S/C28H28N2O3/c1-18-10-16-21(17-11-18)29-26(31)23-24(19-12-14-20(15-13-19)28(2,3)4)30(33-25(23)27(29)32)22-8-6-5-7-9-22/h5-17,23-25H,1-4H3/t23-,24-,25-/m1/s1. The zero-order valence-corrected chi connectivity index (χ0v) is 19.4. The average molecular weight is 441 g/mol. The van der Waals surface area contributed by atoms with Crippen LogP contribution in [0.5, 0.6) is 0 Å². The molecule has 2 aliphatic heterocycles. The second-order valence-electron chi connectivity index (χ2n) is 9.88. The molecule has 5 rings (SSSR count). The molecule has 0 bridgehead atoms. The van der Waals surface area contributed by atoms with E-state index in [0.29, 0.717) is 5.69 Å². The highest BCUT2D eigenvalue weighted by Gasteiger charge is 2.60. The molecule has 2 aliphatic rings. The third-order valence-corrected chi connectivity index (χ3v) is 6.54. The van der Waals surface area contributed by atoms with Crippen LogP contribution in [-0.4, -0.2) is 17.9 Å². The minimum absolute atomic E-state index is 0.0216. The fourth-order valence-corrected chi connectivity index (χ4v) is 4.68. The van der Waals surface area contributed by atoms with Gasteiger partial charge in [0, 0.05) is 0 Å². The Labute approximate surface area is 194 Å². The first-order valence-corrected chi connectivity index (χ1v) is 11.3. The molecule has 2 fully saturated rings. The lowest BCUT2D eigenvalue weighted by Crippen LogP contribution is -2.37. The lowest BCUT2D eigenvalue weighted by atomic mass is 9.84. The molecule has 0 aromatic heterocycles. The number of carbonyl (C=O) groups excluding carboxylic acids is 2. The van der Waals surface area contributed by atoms with Gasteiger partial charge in [0.1, 0.15) is 5.92 Å². The molecule has 168 valence electrons. The van der Waals surface area contributed by atoms with Gasteiger partial charge in [0.05, 0.1) is 17.4 Å². The van der Waals surface area contributed by atoms with Gasteiger partial charge in [-0.2, -0.15) is 0 Å². The van der Waals surface area contributed by atoms with Gasteiger partial charge in [-0.15, -0.1) is 0 Å². The van der Waals surface area contributed by atoms with Crippen molar-refractivity contribution in [1.82, 2.24) is 0 Å². The van der Waals surface area contributed by atoms with Crippen molar-refractivity contribution in [2.45, 2.75) is 45.3 Å². The first-order valence-electron chi connectivity index (χ1n) is 11.3. The first-order chi connectivity index (χ1) is 15.8. The lowest BCUT2D eigenvalue weighted by molar-refractivity contribution is -0.126. The molecule has 3 atom stereocenters. The quantitative estimate of drug-likeness (QED) is 0.516. The number of rotatable bonds is 3. The predicted octanol–water partition coefficient (Wildman–Crippen LogP) is 5.34. The molecule has 5 nitrogen and oxygen atoms in total. The van der Waals surface area contributed by atoms with E-state index in [0.717, 1.165) is 16.8 Å². The summed E-state index contributed by atoms with van der Waals surface area (Å²) in [6, 6.07) is 25.0. The fourth-order valence-electron chi connectivity index (χ4n) is 4.68. The van der Waals surface area contributed by atoms with Gasteiger partial charge in [-0.3, -0.25) is 14.4 Å². The number of hydroxylamine groups is 1. The Balaban J connectivity index is 1.57. The van der Waals surface area contributed by atoms with Crippen LogP contribution in [0.4, 0.5) is 11.4 Å². The number of hydrogen-bond donors (Lipinski definition) is 0. The molecule has 0 spiro atoms. The number of anilines is 2. The molecule has 2 saturated heterocycles. The van der Waals surface area contributed by atoms with E-state index in [4.69, 9.17) is 4.84 Å². The largest absolute Gasteiger partial charge is 0.273 e. The van der Waals surface area contributed by atoms with Gasteiger partial charge in [-0.05, 0) is 47.7 Å². The molecular weight excluding hydrogens is 412 g/mol. The molecule has 0 N–H and O–H groups in total. The molecule has 0 radical (unpaired) electrons. The number of aryl methyl sites for hydroxylation is 1. The highest BCUT2D eigenvalue weighted by Crippen LogP contribution is 2.47. The predicted molar refractivity (Wildman–Crippen MR) is 129 cm³/mol. The molecule has 2 amide bonds. The molecule has 5 heteroatoms. The van der Waals surface area contributed by atoms with E-state index in [1.165, 1.54) is 10.5 Å². The first kappa shape index (κ1) is 21.4. The summed E-state index contributed by atoms with van der Waals surface area (Å²) in [6.07, 6.45) is -0.855. The fraction of sp³-hybridized carbons (Fsp3) is 0.286. The summed E-state index contributed by atoms with van der Waals surface area (Å²) in [5.41, 5.74) is 4.66. The highest BCUT2D eigenvalue weighted by atomic mass is 16.7. The van der Waals surface area contributed by atoms with E-state index in [1.54, 1.807) is 5.06 Å². The van der Waals surface area contributed by atoms with Crippen LogP contribution < -0.4 is 9.96 Å². The molecule has 2 heterocycles. The zero-order chi connectivity index (χ0) is 23.3. The van der Waals surface area contributed by atoms with E-state index in [-0.39, 0.29) is 17.2 Å². The van der Waals surface area contributed by atoms with E-state index in [2.05, 4.69) is 45.0 Å². The summed E-state index contributed by atoms with van der Waals surface area (Å²) in [5.74, 6) is -1.17. The summed E-state index contributed by atoms with van der Waals surface area (Å²) < 4.78 is 0. The minimum Gasteiger partial charge on any atom is -0.273 e. The molecule has 33 heavy (non-hydrogen) atoms. The van der Waals surface area contributed by atoms with Crippen LogP contribution in [0, 0.1) is 12.8 Å². The van der Waals surface area contributed by atoms with Gasteiger partial charge >= 0.3 is 0 Å². The topological polar surface area (TPSA) is 49.9 Å². The van der Waals surface area contributed by atoms with Crippen LogP contribution in [0.15, 0.2) is 78.9 Å². The minimum atomic E-state index is -0.855. The van der Waals surface area contributed by atoms with E-state index < -0.39 is 18.1 Å². The summed E-state index contributed by atoms with van der Waals surface area (Å²) in [6.45, 7) is 8.49. The molecule has 3 aromatic carbocycles. The zero-order valence-electron chi connectivity index (χ0n) is 19.4. The maximum atomic E-state index is 13.7. The van der Waals surface area contributed by atoms with Crippen molar-refractivity contribution >= 4 is 23.2 Å². The summed E-state index contributed by atoms with van der Waals surface area (Å²) in [4.78, 5) is 34.5. The highest BCUT2D eigenvalue weighted by molar-refractivity contribution is 6.23. The monoisotopic (exact) mass is 440 g/mol. The van der Waals surface area contributed by atoms with Crippen molar-refractivity contribution in [1.29, 1.82) is 0 Å². The van der Waals surface area contributed by atoms with E-state index >= 15 is 0 Å². The number of nitrogens with zero attached hydrogens (tertiary/aromatic N) is 2. The van der Waals surface area contributed by atoms with E-state index in [1.807, 2.05) is 61.5 Å². The number of hydrogen-bond acceptors (Lipinski definition) is 4. The Kier molecular flexibility index (Phi) is 5.09. The van der Waals surface area contributed by atoms with Gasteiger partial charge in [0.15, 0.2) is 6.10 Å². The van der Waals surface area contributed by atoms with Crippen LogP contribution in [-0.2, 0) is 19.8 Å². The Morgan fingerprint density at radius 3 is 2.00 bits per heavy atom. The van der Waals surface area contributed by atoms with Crippen LogP contribution in [0.2, 0.25) is 0 Å². The Bertz CT molecular complexity index is 1180. The Morgan fingerprint density at radius 2 is 1.39 bits per heavy atom. The van der Waals surface area contributed by atoms with Crippen molar-refractivity contribution in [3.63, 3.8) is 0 Å². The van der Waals surface area contributed by atoms with Gasteiger partial charge < -0.3 is 0 Å². The van der Waals surface area contributed by atoms with Gasteiger partial charge in [-0.1, -0.05) is 80.9 Å². The number of benzene rings is 3. The van der Waals surface area contributed by atoms with Gasteiger partial charge in [0.2, 0.25) is 5.91 Å². The van der Waals surface area contributed by atoms with Crippen LogP contribution in [0.3, 0.4) is 0 Å². The third-order valence-electron chi connectivity index (χ3n) is 6.54. The van der Waals surface area contributed by atoms with Crippen LogP contribution in [0.1, 0.15) is 43.5 Å². The van der Waals surface area contributed by atoms with Crippen molar-refractivity contribution in [2.75, 3.05) is 9.96 Å². The van der Waals surface area contributed by atoms with Gasteiger partial charge in [0.25, 0.3) is 5.91 Å². The maximum Gasteiger partial charge on any atom is 0.266 e. The molecular formula is C28H28N2O3. The Hall–Kier alpha value is -3.44. The molecule has 0 saturated carbocycles. The molecule has 3 aromatic rings. The lowest BCUT2D eigenvalue weighted by Gasteiger charge is -2.29. The number of para-hydroxylation sites is 1. The summed E-state index contributed by atoms with van der Waals surface area (Å²) in [5, 5.41) is 1.74. The smallest absolute Gasteiger partial charge is 0.266 e. The van der Waals surface area contributed by atoms with Crippen LogP contribution >= 0.6 is 0 Å². The van der Waals surface area contributed by atoms with Crippen molar-refractivity contribution in [2.24, 2.45) is 5.92 Å². The normalized spacial score (nSPS) is 22.7. The maximum absolute atomic E-state index is 13.7.